The van der Waals surface area contributed by atoms with Crippen LogP contribution in [0.25, 0.3) is 0 Å². The minimum atomic E-state index is -0.845. The van der Waals surface area contributed by atoms with Crippen molar-refractivity contribution in [2.24, 2.45) is 0 Å². The van der Waals surface area contributed by atoms with E-state index in [9.17, 15) is 9.59 Å². The Bertz CT molecular complexity index is 250. The number of nitrogens with zero attached hydrogens (tertiary/aromatic N) is 1. The molecular formula is C11H19NO4. The highest BCUT2D eigenvalue weighted by molar-refractivity contribution is 5.77. The van der Waals surface area contributed by atoms with Crippen molar-refractivity contribution in [2.75, 3.05) is 20.3 Å². The fourth-order valence-electron chi connectivity index (χ4n) is 1.62. The van der Waals surface area contributed by atoms with E-state index in [4.69, 9.17) is 9.84 Å². The number of amides is 1. The third-order valence-corrected chi connectivity index (χ3v) is 2.63. The highest BCUT2D eigenvalue weighted by Crippen LogP contribution is 2.27. The molecule has 0 aromatic heterocycles. The maximum atomic E-state index is 11.8. The highest BCUT2D eigenvalue weighted by atomic mass is 16.5. The summed E-state index contributed by atoms with van der Waals surface area (Å²) in [7, 11) is 1.61. The van der Waals surface area contributed by atoms with Crippen LogP contribution < -0.4 is 0 Å². The van der Waals surface area contributed by atoms with E-state index in [2.05, 4.69) is 0 Å². The van der Waals surface area contributed by atoms with E-state index in [1.54, 1.807) is 7.11 Å². The molecule has 1 aliphatic carbocycles. The average Bonchev–Trinajstić information content (AvgIpc) is 3.02. The monoisotopic (exact) mass is 229 g/mol. The molecule has 1 N–H and O–H groups in total. The van der Waals surface area contributed by atoms with E-state index in [1.165, 1.54) is 0 Å². The van der Waals surface area contributed by atoms with Crippen molar-refractivity contribution in [1.29, 1.82) is 0 Å². The minimum absolute atomic E-state index is 0.0563. The summed E-state index contributed by atoms with van der Waals surface area (Å²) in [5, 5.41) is 8.48. The Morgan fingerprint density at radius 3 is 2.56 bits per heavy atom. The van der Waals surface area contributed by atoms with Gasteiger partial charge in [0.1, 0.15) is 0 Å². The summed E-state index contributed by atoms with van der Waals surface area (Å²) in [6, 6.07) is 0.368. The maximum absolute atomic E-state index is 11.8. The lowest BCUT2D eigenvalue weighted by molar-refractivity contribution is -0.137. The number of methoxy groups -OCH3 is 1. The fourth-order valence-corrected chi connectivity index (χ4v) is 1.62. The summed E-state index contributed by atoms with van der Waals surface area (Å²) in [6.07, 6.45) is 2.94. The van der Waals surface area contributed by atoms with Crippen LogP contribution in [0.15, 0.2) is 0 Å². The van der Waals surface area contributed by atoms with Gasteiger partial charge in [0.2, 0.25) is 5.91 Å². The lowest BCUT2D eigenvalue weighted by Crippen LogP contribution is -2.35. The van der Waals surface area contributed by atoms with Crippen molar-refractivity contribution in [3.05, 3.63) is 0 Å². The molecule has 92 valence electrons. The number of ether oxygens (including phenoxy) is 1. The molecule has 0 aliphatic heterocycles. The molecule has 1 fully saturated rings. The van der Waals surface area contributed by atoms with E-state index in [0.717, 1.165) is 12.8 Å². The molecule has 0 unspecified atom stereocenters. The molecule has 1 saturated carbocycles. The van der Waals surface area contributed by atoms with Gasteiger partial charge in [-0.2, -0.15) is 0 Å². The van der Waals surface area contributed by atoms with Gasteiger partial charge in [-0.15, -0.1) is 0 Å². The first kappa shape index (κ1) is 13.0. The van der Waals surface area contributed by atoms with Gasteiger partial charge in [-0.25, -0.2) is 0 Å². The van der Waals surface area contributed by atoms with Crippen molar-refractivity contribution in [1.82, 2.24) is 4.90 Å². The van der Waals surface area contributed by atoms with Gasteiger partial charge < -0.3 is 14.7 Å². The molecule has 5 nitrogen and oxygen atoms in total. The number of hydrogen-bond donors (Lipinski definition) is 1. The van der Waals surface area contributed by atoms with Crippen LogP contribution in [0.1, 0.15) is 32.1 Å². The van der Waals surface area contributed by atoms with Gasteiger partial charge in [0.25, 0.3) is 0 Å². The summed E-state index contributed by atoms with van der Waals surface area (Å²) >= 11 is 0. The van der Waals surface area contributed by atoms with Crippen molar-refractivity contribution < 1.29 is 19.4 Å². The van der Waals surface area contributed by atoms with Crippen LogP contribution in [0.3, 0.4) is 0 Å². The molecule has 0 heterocycles. The Kier molecular flexibility index (Phi) is 5.25. The first-order chi connectivity index (χ1) is 7.65. The smallest absolute Gasteiger partial charge is 0.303 e. The van der Waals surface area contributed by atoms with Gasteiger partial charge in [-0.1, -0.05) is 0 Å². The van der Waals surface area contributed by atoms with Crippen LogP contribution in [0.4, 0.5) is 0 Å². The molecule has 16 heavy (non-hydrogen) atoms. The van der Waals surface area contributed by atoms with Crippen molar-refractivity contribution in [2.45, 2.75) is 38.1 Å². The second-order valence-corrected chi connectivity index (χ2v) is 4.06. The van der Waals surface area contributed by atoms with E-state index in [0.29, 0.717) is 32.0 Å². The molecule has 0 spiro atoms. The molecule has 0 bridgehead atoms. The topological polar surface area (TPSA) is 66.8 Å². The second-order valence-electron chi connectivity index (χ2n) is 4.06. The van der Waals surface area contributed by atoms with Crippen LogP contribution in [0.5, 0.6) is 0 Å². The van der Waals surface area contributed by atoms with Crippen LogP contribution in [-0.2, 0) is 14.3 Å². The second kappa shape index (κ2) is 6.48. The van der Waals surface area contributed by atoms with Gasteiger partial charge in [-0.3, -0.25) is 9.59 Å². The summed E-state index contributed by atoms with van der Waals surface area (Å²) in [5.74, 6) is -0.788. The Morgan fingerprint density at radius 2 is 2.06 bits per heavy atom. The molecule has 5 heteroatoms. The van der Waals surface area contributed by atoms with Crippen molar-refractivity contribution >= 4 is 11.9 Å². The third kappa shape index (κ3) is 4.61. The zero-order valence-electron chi connectivity index (χ0n) is 9.65. The molecule has 0 saturated heterocycles. The van der Waals surface area contributed by atoms with Gasteiger partial charge in [0.15, 0.2) is 0 Å². The van der Waals surface area contributed by atoms with Gasteiger partial charge in [0, 0.05) is 32.5 Å². The molecule has 0 aromatic rings. The Morgan fingerprint density at radius 1 is 1.38 bits per heavy atom. The minimum Gasteiger partial charge on any atom is -0.481 e. The van der Waals surface area contributed by atoms with E-state index < -0.39 is 5.97 Å². The highest BCUT2D eigenvalue weighted by Gasteiger charge is 2.31. The lowest BCUT2D eigenvalue weighted by Gasteiger charge is -2.21. The molecule has 1 rings (SSSR count). The Balaban J connectivity index is 2.26. The predicted octanol–water partition coefficient (Wildman–Crippen LogP) is 0.879. The predicted molar refractivity (Wildman–Crippen MR) is 58.1 cm³/mol. The normalized spacial score (nSPS) is 14.8. The van der Waals surface area contributed by atoms with Crippen LogP contribution in [0.2, 0.25) is 0 Å². The average molecular weight is 229 g/mol. The zero-order valence-corrected chi connectivity index (χ0v) is 9.65. The summed E-state index contributed by atoms with van der Waals surface area (Å²) < 4.78 is 4.96. The quantitative estimate of drug-likeness (QED) is 0.671. The largest absolute Gasteiger partial charge is 0.481 e. The summed E-state index contributed by atoms with van der Waals surface area (Å²) in [5.41, 5.74) is 0. The molecule has 0 radical (unpaired) electrons. The molecule has 1 aliphatic rings. The number of aliphatic carboxylic acids is 1. The van der Waals surface area contributed by atoms with Gasteiger partial charge >= 0.3 is 5.97 Å². The zero-order chi connectivity index (χ0) is 12.0. The lowest BCUT2D eigenvalue weighted by atomic mass is 10.2. The first-order valence-corrected chi connectivity index (χ1v) is 5.65. The fraction of sp³-hybridized carbons (Fsp3) is 0.818. The van der Waals surface area contributed by atoms with Crippen LogP contribution in [-0.4, -0.2) is 48.2 Å². The standard InChI is InChI=1S/C11H19NO4/c1-16-8-7-12(9-5-6-9)10(13)3-2-4-11(14)15/h9H,2-8H2,1H3,(H,14,15). The van der Waals surface area contributed by atoms with Gasteiger partial charge in [0.05, 0.1) is 6.61 Å². The van der Waals surface area contributed by atoms with Crippen LogP contribution >= 0.6 is 0 Å². The first-order valence-electron chi connectivity index (χ1n) is 5.65. The Hall–Kier alpha value is -1.10. The van der Waals surface area contributed by atoms with E-state index in [1.807, 2.05) is 4.90 Å². The van der Waals surface area contributed by atoms with E-state index >= 15 is 0 Å². The third-order valence-electron chi connectivity index (χ3n) is 2.63. The number of carboxylic acids is 1. The molecular weight excluding hydrogens is 210 g/mol. The number of carbonyl (C=O) groups excluding carboxylic acids is 1. The van der Waals surface area contributed by atoms with E-state index in [-0.39, 0.29) is 12.3 Å². The molecule has 1 amide bonds. The number of rotatable bonds is 8. The maximum Gasteiger partial charge on any atom is 0.303 e. The van der Waals surface area contributed by atoms with Crippen molar-refractivity contribution in [3.8, 4) is 0 Å². The molecule has 0 aromatic carbocycles. The number of hydrogen-bond acceptors (Lipinski definition) is 3. The SMILES string of the molecule is COCCN(C(=O)CCCC(=O)O)C1CC1. The number of carboxylic acid groups (broad SMARTS) is 1. The number of carbonyl (C=O) groups is 2. The summed E-state index contributed by atoms with van der Waals surface area (Å²) in [4.78, 5) is 23.9. The Labute approximate surface area is 95.4 Å². The van der Waals surface area contributed by atoms with Crippen molar-refractivity contribution in [3.63, 3.8) is 0 Å². The molecule has 0 atom stereocenters. The summed E-state index contributed by atoms with van der Waals surface area (Å²) in [6.45, 7) is 1.16. The van der Waals surface area contributed by atoms with Crippen LogP contribution in [0, 0.1) is 0 Å². The van der Waals surface area contributed by atoms with Gasteiger partial charge in [-0.05, 0) is 19.3 Å².